The zero-order valence-corrected chi connectivity index (χ0v) is 17.0. The fourth-order valence-corrected chi connectivity index (χ4v) is 3.91. The summed E-state index contributed by atoms with van der Waals surface area (Å²) in [7, 11) is 4.38. The lowest BCUT2D eigenvalue weighted by molar-refractivity contribution is 0.0897. The Labute approximate surface area is 178 Å². The average Bonchev–Trinajstić information content (AvgIpc) is 2.80. The minimum atomic E-state index is -0.952. The Morgan fingerprint density at radius 3 is 2.06 bits per heavy atom. The van der Waals surface area contributed by atoms with Crippen molar-refractivity contribution in [1.29, 1.82) is 5.26 Å². The highest BCUT2D eigenvalue weighted by Crippen LogP contribution is 2.48. The third-order valence-corrected chi connectivity index (χ3v) is 5.31. The summed E-state index contributed by atoms with van der Waals surface area (Å²) in [6.07, 6.45) is 0. The predicted molar refractivity (Wildman–Crippen MR) is 109 cm³/mol. The van der Waals surface area contributed by atoms with Crippen molar-refractivity contribution in [2.75, 3.05) is 21.3 Å². The van der Waals surface area contributed by atoms with Gasteiger partial charge < -0.3 is 24.7 Å². The SMILES string of the molecule is COc1cc([C@H]2C(C#N)=C(N)OC3=C2C(=O)c2ccccc2C3=O)cc(OC)c1OC. The number of nitriles is 1. The number of hydrogen-bond donors (Lipinski definition) is 1. The summed E-state index contributed by atoms with van der Waals surface area (Å²) < 4.78 is 21.7. The monoisotopic (exact) mass is 418 g/mol. The minimum Gasteiger partial charge on any atom is -0.493 e. The van der Waals surface area contributed by atoms with Crippen molar-refractivity contribution in [1.82, 2.24) is 0 Å². The van der Waals surface area contributed by atoms with E-state index >= 15 is 0 Å². The number of fused-ring (bicyclic) bond motifs is 1. The minimum absolute atomic E-state index is 0.00792. The smallest absolute Gasteiger partial charge is 0.229 e. The largest absolute Gasteiger partial charge is 0.493 e. The lowest BCUT2D eigenvalue weighted by Gasteiger charge is -2.31. The Bertz CT molecular complexity index is 1210. The van der Waals surface area contributed by atoms with Gasteiger partial charge in [0.1, 0.15) is 11.6 Å². The molecule has 31 heavy (non-hydrogen) atoms. The number of ketones is 2. The number of carbonyl (C=O) groups is 2. The molecule has 4 rings (SSSR count). The van der Waals surface area contributed by atoms with Crippen LogP contribution in [0.3, 0.4) is 0 Å². The van der Waals surface area contributed by atoms with Crippen molar-refractivity contribution < 1.29 is 28.5 Å². The molecular formula is C23H18N2O6. The highest BCUT2D eigenvalue weighted by Gasteiger charge is 2.44. The molecule has 2 N–H and O–H groups in total. The number of Topliss-reactive ketones (excluding diaryl/α,β-unsaturated/α-hetero) is 2. The molecule has 0 radical (unpaired) electrons. The molecule has 2 aromatic rings. The molecule has 0 aromatic heterocycles. The van der Waals surface area contributed by atoms with E-state index in [0.717, 1.165) is 0 Å². The molecule has 156 valence electrons. The molecule has 0 spiro atoms. The van der Waals surface area contributed by atoms with Gasteiger partial charge in [-0.25, -0.2) is 0 Å². The molecule has 0 bridgehead atoms. The standard InChI is InChI=1S/C23H18N2O6/c1-28-15-8-11(9-16(29-2)21(15)30-3)17-14(10-24)23(25)31-22-18(17)19(26)12-6-4-5-7-13(12)20(22)27/h4-9,17H,25H2,1-3H3/t17-/m0/s1. The highest BCUT2D eigenvalue weighted by atomic mass is 16.5. The van der Waals surface area contributed by atoms with Crippen LogP contribution in [0.25, 0.3) is 0 Å². The average molecular weight is 418 g/mol. The third-order valence-electron chi connectivity index (χ3n) is 5.31. The Morgan fingerprint density at radius 1 is 0.968 bits per heavy atom. The predicted octanol–water partition coefficient (Wildman–Crippen LogP) is 2.85. The van der Waals surface area contributed by atoms with E-state index in [9.17, 15) is 14.9 Å². The number of nitrogens with zero attached hydrogens (tertiary/aromatic N) is 1. The van der Waals surface area contributed by atoms with Gasteiger partial charge in [-0.05, 0) is 17.7 Å². The lowest BCUT2D eigenvalue weighted by atomic mass is 9.75. The number of rotatable bonds is 4. The number of nitrogens with two attached hydrogens (primary N) is 1. The van der Waals surface area contributed by atoms with Gasteiger partial charge in [0.05, 0.1) is 32.8 Å². The number of hydrogen-bond acceptors (Lipinski definition) is 8. The fourth-order valence-electron chi connectivity index (χ4n) is 3.91. The van der Waals surface area contributed by atoms with Gasteiger partial charge in [0, 0.05) is 11.1 Å². The van der Waals surface area contributed by atoms with Gasteiger partial charge in [-0.2, -0.15) is 5.26 Å². The maximum absolute atomic E-state index is 13.4. The molecule has 0 unspecified atom stereocenters. The quantitative estimate of drug-likeness (QED) is 0.805. The molecule has 8 heteroatoms. The number of ether oxygens (including phenoxy) is 4. The molecule has 1 aliphatic heterocycles. The van der Waals surface area contributed by atoms with Crippen molar-refractivity contribution in [3.05, 3.63) is 75.9 Å². The third kappa shape index (κ3) is 2.90. The highest BCUT2D eigenvalue weighted by molar-refractivity contribution is 6.27. The Hall–Kier alpha value is -4.25. The van der Waals surface area contributed by atoms with E-state index in [4.69, 9.17) is 24.7 Å². The van der Waals surface area contributed by atoms with Crippen LogP contribution in [0.2, 0.25) is 0 Å². The maximum Gasteiger partial charge on any atom is 0.229 e. The van der Waals surface area contributed by atoms with Gasteiger partial charge in [-0.1, -0.05) is 24.3 Å². The molecule has 8 nitrogen and oxygen atoms in total. The second-order valence-electron chi connectivity index (χ2n) is 6.83. The topological polar surface area (TPSA) is 121 Å². The van der Waals surface area contributed by atoms with Gasteiger partial charge in [-0.15, -0.1) is 0 Å². The lowest BCUT2D eigenvalue weighted by Crippen LogP contribution is -2.32. The van der Waals surface area contributed by atoms with Gasteiger partial charge in [0.2, 0.25) is 17.4 Å². The molecule has 0 saturated heterocycles. The van der Waals surface area contributed by atoms with Gasteiger partial charge >= 0.3 is 0 Å². The number of benzene rings is 2. The molecule has 1 atom stereocenters. The van der Waals surface area contributed by atoms with Crippen LogP contribution in [0.1, 0.15) is 32.2 Å². The molecule has 0 saturated carbocycles. The Balaban J connectivity index is 2.00. The molecule has 1 aliphatic carbocycles. The summed E-state index contributed by atoms with van der Waals surface area (Å²) >= 11 is 0. The summed E-state index contributed by atoms with van der Waals surface area (Å²) in [5, 5.41) is 9.81. The van der Waals surface area contributed by atoms with E-state index < -0.39 is 17.5 Å². The zero-order valence-electron chi connectivity index (χ0n) is 17.0. The molecule has 1 heterocycles. The summed E-state index contributed by atoms with van der Waals surface area (Å²) in [6.45, 7) is 0. The van der Waals surface area contributed by atoms with Crippen LogP contribution in [-0.4, -0.2) is 32.9 Å². The first-order valence-corrected chi connectivity index (χ1v) is 9.26. The van der Waals surface area contributed by atoms with Crippen LogP contribution >= 0.6 is 0 Å². The second kappa shape index (κ2) is 7.54. The summed E-state index contributed by atoms with van der Waals surface area (Å²) in [5.41, 5.74) is 6.98. The van der Waals surface area contributed by atoms with Crippen LogP contribution in [-0.2, 0) is 4.74 Å². The van der Waals surface area contributed by atoms with Crippen molar-refractivity contribution in [3.8, 4) is 23.3 Å². The summed E-state index contributed by atoms with van der Waals surface area (Å²) in [5.74, 6) is -1.24. The first-order valence-electron chi connectivity index (χ1n) is 9.26. The molecule has 2 aromatic carbocycles. The molecule has 0 fully saturated rings. The van der Waals surface area contributed by atoms with Crippen molar-refractivity contribution in [2.45, 2.75) is 5.92 Å². The van der Waals surface area contributed by atoms with E-state index in [0.29, 0.717) is 22.8 Å². The van der Waals surface area contributed by atoms with Crippen molar-refractivity contribution in [2.24, 2.45) is 5.73 Å². The molecule has 2 aliphatic rings. The van der Waals surface area contributed by atoms with E-state index in [1.54, 1.807) is 36.4 Å². The van der Waals surface area contributed by atoms with Gasteiger partial charge in [0.15, 0.2) is 23.0 Å². The number of methoxy groups -OCH3 is 3. The summed E-state index contributed by atoms with van der Waals surface area (Å²) in [4.78, 5) is 26.5. The molecular weight excluding hydrogens is 400 g/mol. The van der Waals surface area contributed by atoms with E-state index in [-0.39, 0.29) is 33.9 Å². The van der Waals surface area contributed by atoms with Crippen LogP contribution in [0.4, 0.5) is 0 Å². The van der Waals surface area contributed by atoms with Crippen LogP contribution in [0.5, 0.6) is 17.2 Å². The summed E-state index contributed by atoms with van der Waals surface area (Å²) in [6, 6.07) is 11.7. The first-order chi connectivity index (χ1) is 15.0. The normalized spacial score (nSPS) is 17.4. The van der Waals surface area contributed by atoms with Crippen molar-refractivity contribution in [3.63, 3.8) is 0 Å². The Morgan fingerprint density at radius 2 is 1.55 bits per heavy atom. The number of allylic oxidation sites excluding steroid dienone is 3. The van der Waals surface area contributed by atoms with Gasteiger partial charge in [0.25, 0.3) is 0 Å². The number of carbonyl (C=O) groups excluding carboxylic acids is 2. The Kier molecular flexibility index (Phi) is 4.87. The van der Waals surface area contributed by atoms with Crippen molar-refractivity contribution >= 4 is 11.6 Å². The van der Waals surface area contributed by atoms with Gasteiger partial charge in [-0.3, -0.25) is 9.59 Å². The van der Waals surface area contributed by atoms with E-state index in [1.807, 2.05) is 6.07 Å². The van der Waals surface area contributed by atoms with E-state index in [1.165, 1.54) is 21.3 Å². The maximum atomic E-state index is 13.4. The van der Waals surface area contributed by atoms with Crippen LogP contribution in [0, 0.1) is 11.3 Å². The fraction of sp³-hybridized carbons (Fsp3) is 0.174. The first kappa shape index (κ1) is 20.0. The molecule has 0 amide bonds. The van der Waals surface area contributed by atoms with Crippen LogP contribution in [0.15, 0.2) is 59.2 Å². The zero-order chi connectivity index (χ0) is 22.3. The van der Waals surface area contributed by atoms with E-state index in [2.05, 4.69) is 0 Å². The van der Waals surface area contributed by atoms with Crippen LogP contribution < -0.4 is 19.9 Å². The second-order valence-corrected chi connectivity index (χ2v) is 6.83.